The molecule has 1 aliphatic heterocycles. The van der Waals surface area contributed by atoms with Gasteiger partial charge in [0, 0.05) is 11.4 Å². The van der Waals surface area contributed by atoms with Gasteiger partial charge in [-0.2, -0.15) is 0 Å². The number of dihydropyridines is 1. The number of methoxy groups -OCH3 is 1. The number of hydrogen-bond acceptors (Lipinski definition) is 5. The van der Waals surface area contributed by atoms with E-state index in [0.29, 0.717) is 33.1 Å². The predicted molar refractivity (Wildman–Crippen MR) is 104 cm³/mol. The van der Waals surface area contributed by atoms with Gasteiger partial charge in [0.05, 0.1) is 40.8 Å². The number of benzene rings is 1. The summed E-state index contributed by atoms with van der Waals surface area (Å²) in [5.74, 6) is -1.82. The smallest absolute Gasteiger partial charge is 1.00 e. The summed E-state index contributed by atoms with van der Waals surface area (Å²) in [7, 11) is 1.29. The monoisotopic (exact) mass is 425 g/mol. The predicted octanol–water partition coefficient (Wildman–Crippen LogP) is 3.81. The molecule has 0 amide bonds. The van der Waals surface area contributed by atoms with Crippen molar-refractivity contribution < 1.29 is 21.9 Å². The number of ether oxygens (including phenoxy) is 2. The molecule has 1 heterocycles. The summed E-state index contributed by atoms with van der Waals surface area (Å²) >= 11 is 12.5. The van der Waals surface area contributed by atoms with Gasteiger partial charge in [0.15, 0.2) is 0 Å². The fourth-order valence-corrected chi connectivity index (χ4v) is 3.33. The molecule has 2 rings (SSSR count). The fourth-order valence-electron chi connectivity index (χ4n) is 2.91. The number of carbonyl (C=O) groups is 2. The summed E-state index contributed by atoms with van der Waals surface area (Å²) in [4.78, 5) is 25.0. The fraction of sp³-hybridized carbons (Fsp3) is 0.333. The van der Waals surface area contributed by atoms with Crippen LogP contribution in [0.3, 0.4) is 0 Å². The average Bonchev–Trinajstić information content (AvgIpc) is 2.56. The van der Waals surface area contributed by atoms with E-state index in [1.165, 1.54) is 7.11 Å². The van der Waals surface area contributed by atoms with Gasteiger partial charge in [-0.05, 0) is 32.4 Å². The van der Waals surface area contributed by atoms with Gasteiger partial charge in [-0.25, -0.2) is 9.59 Å². The summed E-state index contributed by atoms with van der Waals surface area (Å²) in [6.07, 6.45) is 0. The second-order valence-corrected chi connectivity index (χ2v) is 6.28. The largest absolute Gasteiger partial charge is 2.00 e. The Kier molecular flexibility index (Phi) is 8.97. The van der Waals surface area contributed by atoms with Crippen molar-refractivity contribution in [2.24, 2.45) is 0 Å². The van der Waals surface area contributed by atoms with E-state index in [4.69, 9.17) is 32.7 Å². The van der Waals surface area contributed by atoms with E-state index in [1.807, 2.05) is 0 Å². The van der Waals surface area contributed by atoms with Gasteiger partial charge in [-0.1, -0.05) is 35.3 Å². The van der Waals surface area contributed by atoms with Gasteiger partial charge < -0.3 is 17.6 Å². The number of carbonyl (C=O) groups excluding carboxylic acids is 2. The Hall–Kier alpha value is -0.720. The van der Waals surface area contributed by atoms with E-state index in [1.54, 1.807) is 39.0 Å². The van der Waals surface area contributed by atoms with Crippen LogP contribution in [0.4, 0.5) is 0 Å². The van der Waals surface area contributed by atoms with Gasteiger partial charge in [0.25, 0.3) is 0 Å². The van der Waals surface area contributed by atoms with Crippen LogP contribution in [0.1, 0.15) is 35.1 Å². The van der Waals surface area contributed by atoms with Crippen molar-refractivity contribution in [2.45, 2.75) is 26.7 Å². The van der Waals surface area contributed by atoms with Crippen molar-refractivity contribution in [3.8, 4) is 0 Å². The van der Waals surface area contributed by atoms with Gasteiger partial charge in [0.1, 0.15) is 0 Å². The van der Waals surface area contributed by atoms with E-state index < -0.39 is 17.9 Å². The minimum absolute atomic E-state index is 0. The third-order valence-electron chi connectivity index (χ3n) is 3.95. The van der Waals surface area contributed by atoms with Crippen LogP contribution < -0.4 is 5.32 Å². The zero-order valence-electron chi connectivity index (χ0n) is 17.1. The van der Waals surface area contributed by atoms with E-state index >= 15 is 0 Å². The normalized spacial score (nSPS) is 16.6. The van der Waals surface area contributed by atoms with Crippen LogP contribution >= 0.6 is 23.2 Å². The summed E-state index contributed by atoms with van der Waals surface area (Å²) in [6, 6.07) is 5.09. The summed E-state index contributed by atoms with van der Waals surface area (Å²) in [6.45, 7) is 5.41. The summed E-state index contributed by atoms with van der Waals surface area (Å²) < 4.78 is 10.1. The number of rotatable bonds is 4. The molecule has 5 nitrogen and oxygen atoms in total. The van der Waals surface area contributed by atoms with Crippen molar-refractivity contribution in [2.75, 3.05) is 13.7 Å². The minimum atomic E-state index is -0.737. The van der Waals surface area contributed by atoms with E-state index in [-0.39, 0.29) is 52.2 Å². The Morgan fingerprint density at radius 1 is 1.15 bits per heavy atom. The summed E-state index contributed by atoms with van der Waals surface area (Å²) in [5, 5.41) is 3.66. The molecule has 0 saturated heterocycles. The molecule has 0 fully saturated rings. The van der Waals surface area contributed by atoms with Crippen molar-refractivity contribution >= 4 is 72.9 Å². The van der Waals surface area contributed by atoms with Gasteiger partial charge in [-0.3, -0.25) is 0 Å². The first-order chi connectivity index (χ1) is 11.8. The minimum Gasteiger partial charge on any atom is -1.00 e. The van der Waals surface area contributed by atoms with Crippen molar-refractivity contribution in [3.63, 3.8) is 0 Å². The molecule has 8 heteroatoms. The van der Waals surface area contributed by atoms with Crippen LogP contribution in [0.15, 0.2) is 40.7 Å². The molecule has 0 aromatic heterocycles. The Bertz CT molecular complexity index is 800. The molecule has 1 aliphatic rings. The first-order valence-corrected chi connectivity index (χ1v) is 8.46. The molecular formula is C18H21CaCl2NO4. The molecule has 0 saturated carbocycles. The molecule has 1 atom stereocenters. The molecule has 1 aromatic rings. The Morgan fingerprint density at radius 3 is 2.27 bits per heavy atom. The molecule has 1 N–H and O–H groups in total. The number of halogens is 2. The van der Waals surface area contributed by atoms with Crippen LogP contribution in [0.5, 0.6) is 0 Å². The number of esters is 2. The van der Waals surface area contributed by atoms with Crippen LogP contribution in [0.2, 0.25) is 10.0 Å². The van der Waals surface area contributed by atoms with Crippen LogP contribution in [-0.4, -0.2) is 63.4 Å². The maximum Gasteiger partial charge on any atom is 2.00 e. The maximum absolute atomic E-state index is 12.6. The first kappa shape index (κ1) is 23.3. The Labute approximate surface area is 195 Å². The van der Waals surface area contributed by atoms with E-state index in [0.717, 1.165) is 0 Å². The molecule has 0 aliphatic carbocycles. The number of hydrogen-bond donors (Lipinski definition) is 1. The Morgan fingerprint density at radius 2 is 1.73 bits per heavy atom. The quantitative estimate of drug-likeness (QED) is 0.586. The topological polar surface area (TPSA) is 64.6 Å². The average molecular weight is 426 g/mol. The van der Waals surface area contributed by atoms with Crippen LogP contribution in [-0.2, 0) is 19.1 Å². The van der Waals surface area contributed by atoms with Crippen LogP contribution in [0, 0.1) is 0 Å². The second kappa shape index (κ2) is 10.00. The Balaban J connectivity index is 0. The molecule has 0 bridgehead atoms. The molecular weight excluding hydrogens is 405 g/mol. The van der Waals surface area contributed by atoms with Gasteiger partial charge in [-0.15, -0.1) is 0 Å². The van der Waals surface area contributed by atoms with Crippen molar-refractivity contribution in [1.82, 2.24) is 5.32 Å². The third-order valence-corrected chi connectivity index (χ3v) is 4.79. The maximum atomic E-state index is 12.6. The van der Waals surface area contributed by atoms with Crippen molar-refractivity contribution in [1.29, 1.82) is 0 Å². The molecule has 26 heavy (non-hydrogen) atoms. The summed E-state index contributed by atoms with van der Waals surface area (Å²) in [5.41, 5.74) is 2.30. The first-order valence-electron chi connectivity index (χ1n) is 7.71. The zero-order valence-corrected chi connectivity index (χ0v) is 18.8. The number of nitrogens with one attached hydrogen (secondary N) is 1. The van der Waals surface area contributed by atoms with E-state index in [9.17, 15) is 9.59 Å². The zero-order chi connectivity index (χ0) is 18.7. The standard InChI is InChI=1S/C18H19Cl2NO4.Ca.2H/c1-5-25-18(23)14-10(3)21-9(2)13(17(22)24-4)15(14)11-7-6-8-12(19)16(11)20;;;/h6-8,15,21H,5H2,1-4H3;;;/q;+2;2*-1. The van der Waals surface area contributed by atoms with E-state index in [2.05, 4.69) is 5.32 Å². The molecule has 1 aromatic carbocycles. The van der Waals surface area contributed by atoms with Crippen molar-refractivity contribution in [3.05, 3.63) is 56.3 Å². The number of allylic oxidation sites excluding steroid dienone is 2. The third kappa shape index (κ3) is 4.57. The molecule has 0 radical (unpaired) electrons. The molecule has 0 spiro atoms. The van der Waals surface area contributed by atoms with Gasteiger partial charge >= 0.3 is 49.7 Å². The molecule has 1 unspecified atom stereocenters. The van der Waals surface area contributed by atoms with Crippen LogP contribution in [0.25, 0.3) is 0 Å². The SMILES string of the molecule is CCOC(=O)C1=C(C)NC(C)=C(C(=O)OC)C1c1cccc(Cl)c1Cl.[Ca+2].[H-].[H-]. The van der Waals surface area contributed by atoms with Gasteiger partial charge in [0.2, 0.25) is 0 Å². The second-order valence-electron chi connectivity index (χ2n) is 5.49. The molecule has 138 valence electrons.